The highest BCUT2D eigenvalue weighted by molar-refractivity contribution is 5.79. The topological polar surface area (TPSA) is 84.6 Å². The molecule has 8 heteroatoms. The summed E-state index contributed by atoms with van der Waals surface area (Å²) in [6.07, 6.45) is 9.57. The van der Waals surface area contributed by atoms with Crippen molar-refractivity contribution in [3.8, 4) is 11.3 Å². The molecule has 2 aromatic heterocycles. The van der Waals surface area contributed by atoms with Crippen LogP contribution in [-0.2, 0) is 9.53 Å². The van der Waals surface area contributed by atoms with Crippen LogP contribution in [0.1, 0.15) is 62.3 Å². The molecule has 1 aliphatic carbocycles. The van der Waals surface area contributed by atoms with Gasteiger partial charge in [0.2, 0.25) is 11.9 Å². The van der Waals surface area contributed by atoms with Crippen molar-refractivity contribution in [2.24, 2.45) is 5.92 Å². The molecule has 1 saturated carbocycles. The van der Waals surface area contributed by atoms with Crippen molar-refractivity contribution in [3.05, 3.63) is 23.7 Å². The first-order chi connectivity index (χ1) is 15.7. The monoisotopic (exact) mass is 439 g/mol. The first-order valence-electron chi connectivity index (χ1n) is 12.1. The second-order valence-electron chi connectivity index (χ2n) is 9.36. The lowest BCUT2D eigenvalue weighted by molar-refractivity contribution is -0.137. The summed E-state index contributed by atoms with van der Waals surface area (Å²) in [6.45, 7) is 6.44. The Kier molecular flexibility index (Phi) is 6.39. The molecule has 1 atom stereocenters. The fraction of sp³-hybridized carbons (Fsp3) is 0.667. The molecule has 0 radical (unpaired) electrons. The van der Waals surface area contributed by atoms with Crippen molar-refractivity contribution in [1.82, 2.24) is 20.0 Å². The van der Waals surface area contributed by atoms with Crippen LogP contribution < -0.4 is 4.90 Å². The maximum atomic E-state index is 13.2. The van der Waals surface area contributed by atoms with Gasteiger partial charge in [-0.3, -0.25) is 4.79 Å². The molecule has 5 rings (SSSR count). The van der Waals surface area contributed by atoms with Gasteiger partial charge >= 0.3 is 0 Å². The number of morpholine rings is 1. The van der Waals surface area contributed by atoms with E-state index in [0.29, 0.717) is 24.9 Å². The third kappa shape index (κ3) is 4.51. The Balaban J connectivity index is 1.43. The lowest BCUT2D eigenvalue weighted by Crippen LogP contribution is -2.43. The third-order valence-corrected chi connectivity index (χ3v) is 7.07. The standard InChI is InChI=1S/C24H33N5O3/c1-17-14-21(32-27-17)20-15-25-24(28-10-12-31-13-11-28)26-22(20)19-8-5-9-29(16-19)23(30)18-6-3-2-4-7-18/h14-15,18-19H,2-13,16H2,1H3/t19-/m0/s1. The molecule has 0 bridgehead atoms. The van der Waals surface area contributed by atoms with Crippen molar-refractivity contribution in [1.29, 1.82) is 0 Å². The average Bonchev–Trinajstić information content (AvgIpc) is 3.30. The van der Waals surface area contributed by atoms with Crippen LogP contribution in [0.15, 0.2) is 16.8 Å². The lowest BCUT2D eigenvalue weighted by Gasteiger charge is -2.36. The van der Waals surface area contributed by atoms with E-state index in [-0.39, 0.29) is 11.8 Å². The fourth-order valence-electron chi connectivity index (χ4n) is 5.30. The number of rotatable bonds is 4. The van der Waals surface area contributed by atoms with Gasteiger partial charge in [-0.1, -0.05) is 24.4 Å². The minimum atomic E-state index is 0.166. The lowest BCUT2D eigenvalue weighted by atomic mass is 9.86. The number of carbonyl (C=O) groups excluding carboxylic acids is 1. The Bertz CT molecular complexity index is 933. The zero-order valence-electron chi connectivity index (χ0n) is 19.0. The molecule has 172 valence electrons. The number of hydrogen-bond acceptors (Lipinski definition) is 7. The van der Waals surface area contributed by atoms with Gasteiger partial charge in [0.1, 0.15) is 0 Å². The zero-order chi connectivity index (χ0) is 21.9. The van der Waals surface area contributed by atoms with Gasteiger partial charge in [-0.15, -0.1) is 0 Å². The van der Waals surface area contributed by atoms with Crippen LogP contribution in [0.3, 0.4) is 0 Å². The van der Waals surface area contributed by atoms with Crippen LogP contribution in [0, 0.1) is 12.8 Å². The van der Waals surface area contributed by atoms with E-state index in [9.17, 15) is 4.79 Å². The van der Waals surface area contributed by atoms with Gasteiger partial charge in [-0.25, -0.2) is 9.97 Å². The number of carbonyl (C=O) groups is 1. The highest BCUT2D eigenvalue weighted by atomic mass is 16.5. The molecule has 2 saturated heterocycles. The number of nitrogens with zero attached hydrogens (tertiary/aromatic N) is 5. The fourth-order valence-corrected chi connectivity index (χ4v) is 5.30. The van der Waals surface area contributed by atoms with Crippen LogP contribution >= 0.6 is 0 Å². The molecule has 3 aliphatic rings. The Morgan fingerprint density at radius 1 is 1.06 bits per heavy atom. The molecule has 8 nitrogen and oxygen atoms in total. The Labute approximate surface area is 189 Å². The van der Waals surface area contributed by atoms with Crippen LogP contribution in [-0.4, -0.2) is 65.3 Å². The highest BCUT2D eigenvalue weighted by Gasteiger charge is 2.33. The van der Waals surface area contributed by atoms with Gasteiger partial charge < -0.3 is 19.1 Å². The summed E-state index contributed by atoms with van der Waals surface area (Å²) in [6, 6.07) is 1.93. The molecule has 1 amide bonds. The quantitative estimate of drug-likeness (QED) is 0.720. The number of ether oxygens (including phenoxy) is 1. The van der Waals surface area contributed by atoms with E-state index in [2.05, 4.69) is 19.9 Å². The van der Waals surface area contributed by atoms with E-state index in [1.165, 1.54) is 19.3 Å². The number of likely N-dealkylation sites (tertiary alicyclic amines) is 1. The third-order valence-electron chi connectivity index (χ3n) is 7.07. The largest absolute Gasteiger partial charge is 0.378 e. The molecule has 3 fully saturated rings. The highest BCUT2D eigenvalue weighted by Crippen LogP contribution is 2.35. The van der Waals surface area contributed by atoms with E-state index in [1.54, 1.807) is 0 Å². The minimum absolute atomic E-state index is 0.166. The maximum Gasteiger partial charge on any atom is 0.225 e. The summed E-state index contributed by atoms with van der Waals surface area (Å²) in [4.78, 5) is 27.2. The molecule has 2 aliphatic heterocycles. The van der Waals surface area contributed by atoms with E-state index in [0.717, 1.165) is 74.8 Å². The van der Waals surface area contributed by atoms with Gasteiger partial charge in [-0.2, -0.15) is 0 Å². The van der Waals surface area contributed by atoms with Gasteiger partial charge in [0, 0.05) is 50.3 Å². The van der Waals surface area contributed by atoms with E-state index < -0.39 is 0 Å². The molecule has 0 N–H and O–H groups in total. The first-order valence-corrected chi connectivity index (χ1v) is 12.1. The smallest absolute Gasteiger partial charge is 0.225 e. The molecule has 0 spiro atoms. The predicted molar refractivity (Wildman–Crippen MR) is 120 cm³/mol. The Morgan fingerprint density at radius 2 is 1.88 bits per heavy atom. The van der Waals surface area contributed by atoms with Crippen LogP contribution in [0.5, 0.6) is 0 Å². The number of aryl methyl sites for hydroxylation is 1. The summed E-state index contributed by atoms with van der Waals surface area (Å²) < 4.78 is 11.1. The summed E-state index contributed by atoms with van der Waals surface area (Å²) in [5.41, 5.74) is 2.69. The average molecular weight is 440 g/mol. The normalized spacial score (nSPS) is 22.8. The molecule has 4 heterocycles. The first kappa shape index (κ1) is 21.4. The van der Waals surface area contributed by atoms with Crippen LogP contribution in [0.25, 0.3) is 11.3 Å². The second kappa shape index (κ2) is 9.57. The van der Waals surface area contributed by atoms with Crippen molar-refractivity contribution in [2.75, 3.05) is 44.3 Å². The Morgan fingerprint density at radius 3 is 2.62 bits per heavy atom. The van der Waals surface area contributed by atoms with Crippen molar-refractivity contribution >= 4 is 11.9 Å². The van der Waals surface area contributed by atoms with E-state index >= 15 is 0 Å². The molecule has 0 aromatic carbocycles. The van der Waals surface area contributed by atoms with Gasteiger partial charge in [0.05, 0.1) is 30.2 Å². The van der Waals surface area contributed by atoms with Gasteiger partial charge in [0.25, 0.3) is 0 Å². The van der Waals surface area contributed by atoms with Gasteiger partial charge in [-0.05, 0) is 32.6 Å². The summed E-state index contributed by atoms with van der Waals surface area (Å²) in [7, 11) is 0. The maximum absolute atomic E-state index is 13.2. The molecule has 2 aromatic rings. The number of hydrogen-bond donors (Lipinski definition) is 0. The number of anilines is 1. The van der Waals surface area contributed by atoms with Crippen molar-refractivity contribution < 1.29 is 14.1 Å². The molecular formula is C24H33N5O3. The van der Waals surface area contributed by atoms with Crippen molar-refractivity contribution in [3.63, 3.8) is 0 Å². The van der Waals surface area contributed by atoms with Crippen LogP contribution in [0.4, 0.5) is 5.95 Å². The summed E-state index contributed by atoms with van der Waals surface area (Å²) >= 11 is 0. The van der Waals surface area contributed by atoms with E-state index in [4.69, 9.17) is 14.2 Å². The predicted octanol–water partition coefficient (Wildman–Crippen LogP) is 3.56. The summed E-state index contributed by atoms with van der Waals surface area (Å²) in [5.74, 6) is 2.14. The molecule has 0 unspecified atom stereocenters. The van der Waals surface area contributed by atoms with Crippen LogP contribution in [0.2, 0.25) is 0 Å². The van der Waals surface area contributed by atoms with Gasteiger partial charge in [0.15, 0.2) is 5.76 Å². The second-order valence-corrected chi connectivity index (χ2v) is 9.36. The summed E-state index contributed by atoms with van der Waals surface area (Å²) in [5, 5.41) is 4.07. The minimum Gasteiger partial charge on any atom is -0.378 e. The van der Waals surface area contributed by atoms with Crippen molar-refractivity contribution in [2.45, 2.75) is 57.8 Å². The number of piperidine rings is 1. The zero-order valence-corrected chi connectivity index (χ0v) is 19.0. The molecular weight excluding hydrogens is 406 g/mol. The number of amides is 1. The molecule has 32 heavy (non-hydrogen) atoms. The Hall–Kier alpha value is -2.48. The number of aromatic nitrogens is 3. The van der Waals surface area contributed by atoms with E-state index in [1.807, 2.05) is 19.2 Å². The SMILES string of the molecule is Cc1cc(-c2cnc(N3CCOCC3)nc2[C@H]2CCCN(C(=O)C3CCCCC3)C2)on1.